The van der Waals surface area contributed by atoms with Gasteiger partial charge in [-0.3, -0.25) is 4.68 Å². The number of aromatic amines is 1. The van der Waals surface area contributed by atoms with Gasteiger partial charge in [-0.05, 0) is 35.1 Å². The molecule has 2 aromatic heterocycles. The monoisotopic (exact) mass is 268 g/mol. The third-order valence-electron chi connectivity index (χ3n) is 2.30. The van der Waals surface area contributed by atoms with Crippen molar-refractivity contribution in [3.05, 3.63) is 28.5 Å². The van der Waals surface area contributed by atoms with Crippen molar-refractivity contribution in [1.82, 2.24) is 20.1 Å². The average molecular weight is 269 g/mol. The second-order valence-corrected chi connectivity index (χ2v) is 4.14. The third kappa shape index (κ3) is 1.85. The number of hydrogen-bond acceptors (Lipinski definition) is 2. The number of aryl methyl sites for hydroxylation is 1. The van der Waals surface area contributed by atoms with Gasteiger partial charge in [0.25, 0.3) is 0 Å². The predicted octanol–water partition coefficient (Wildman–Crippen LogP) is 1.90. The van der Waals surface area contributed by atoms with Crippen molar-refractivity contribution in [2.24, 2.45) is 7.05 Å². The molecular formula is C10H13BrN4. The Kier molecular flexibility index (Phi) is 2.93. The zero-order valence-corrected chi connectivity index (χ0v) is 10.3. The van der Waals surface area contributed by atoms with E-state index >= 15 is 0 Å². The smallest absolute Gasteiger partial charge is 0.123 e. The Labute approximate surface area is 96.8 Å². The minimum atomic E-state index is 0.796. The molecule has 0 saturated carbocycles. The summed E-state index contributed by atoms with van der Waals surface area (Å²) in [5, 5.41) is 7.59. The van der Waals surface area contributed by atoms with Crippen molar-refractivity contribution in [1.29, 1.82) is 0 Å². The summed E-state index contributed by atoms with van der Waals surface area (Å²) in [5.74, 6) is 0. The van der Waals surface area contributed by atoms with Gasteiger partial charge >= 0.3 is 0 Å². The van der Waals surface area contributed by atoms with Crippen molar-refractivity contribution < 1.29 is 0 Å². The second kappa shape index (κ2) is 4.20. The lowest BCUT2D eigenvalue weighted by molar-refractivity contribution is 0.671. The minimum Gasteiger partial charge on any atom is -0.360 e. The zero-order chi connectivity index (χ0) is 10.8. The summed E-state index contributed by atoms with van der Waals surface area (Å²) in [6.07, 6.45) is 1.90. The largest absolute Gasteiger partial charge is 0.360 e. The SMILES string of the molecule is CNCc1c(Br)c(-c2ccc[nH]2)nn1C. The molecule has 5 heteroatoms. The van der Waals surface area contributed by atoms with Gasteiger partial charge in [-0.2, -0.15) is 5.10 Å². The van der Waals surface area contributed by atoms with Crippen LogP contribution in [-0.2, 0) is 13.6 Å². The molecule has 0 aromatic carbocycles. The highest BCUT2D eigenvalue weighted by Crippen LogP contribution is 2.28. The summed E-state index contributed by atoms with van der Waals surface area (Å²) in [4.78, 5) is 3.15. The maximum absolute atomic E-state index is 4.47. The van der Waals surface area contributed by atoms with E-state index in [1.165, 1.54) is 0 Å². The van der Waals surface area contributed by atoms with Gasteiger partial charge in [-0.25, -0.2) is 0 Å². The molecule has 0 aliphatic rings. The van der Waals surface area contributed by atoms with E-state index in [9.17, 15) is 0 Å². The quantitative estimate of drug-likeness (QED) is 0.893. The van der Waals surface area contributed by atoms with E-state index in [4.69, 9.17) is 0 Å². The molecule has 0 fully saturated rings. The van der Waals surface area contributed by atoms with Gasteiger partial charge in [0.15, 0.2) is 0 Å². The molecule has 0 radical (unpaired) electrons. The van der Waals surface area contributed by atoms with E-state index in [2.05, 4.69) is 31.3 Å². The van der Waals surface area contributed by atoms with E-state index in [-0.39, 0.29) is 0 Å². The first-order chi connectivity index (χ1) is 7.24. The summed E-state index contributed by atoms with van der Waals surface area (Å²) in [7, 11) is 3.87. The third-order valence-corrected chi connectivity index (χ3v) is 3.13. The predicted molar refractivity (Wildman–Crippen MR) is 63.5 cm³/mol. The number of hydrogen-bond donors (Lipinski definition) is 2. The fourth-order valence-electron chi connectivity index (χ4n) is 1.54. The molecule has 80 valence electrons. The van der Waals surface area contributed by atoms with Crippen LogP contribution in [0.25, 0.3) is 11.4 Å². The van der Waals surface area contributed by atoms with Crippen LogP contribution in [0.2, 0.25) is 0 Å². The summed E-state index contributed by atoms with van der Waals surface area (Å²) in [6, 6.07) is 3.98. The van der Waals surface area contributed by atoms with Gasteiger partial charge in [-0.1, -0.05) is 0 Å². The number of nitrogens with zero attached hydrogens (tertiary/aromatic N) is 2. The van der Waals surface area contributed by atoms with Gasteiger partial charge in [0.05, 0.1) is 15.9 Å². The minimum absolute atomic E-state index is 0.796. The van der Waals surface area contributed by atoms with Crippen molar-refractivity contribution in [2.75, 3.05) is 7.05 Å². The Morgan fingerprint density at radius 2 is 2.40 bits per heavy atom. The molecule has 0 aliphatic heterocycles. The zero-order valence-electron chi connectivity index (χ0n) is 8.71. The lowest BCUT2D eigenvalue weighted by atomic mass is 10.3. The molecule has 2 aromatic rings. The van der Waals surface area contributed by atoms with E-state index in [0.717, 1.165) is 28.1 Å². The lowest BCUT2D eigenvalue weighted by Gasteiger charge is -2.00. The first kappa shape index (κ1) is 10.4. The lowest BCUT2D eigenvalue weighted by Crippen LogP contribution is -2.10. The standard InChI is InChI=1S/C10H13BrN4/c1-12-6-8-9(11)10(14-15(8)2)7-4-3-5-13-7/h3-5,12-13H,6H2,1-2H3. The summed E-state index contributed by atoms with van der Waals surface area (Å²) in [5.41, 5.74) is 3.12. The topological polar surface area (TPSA) is 45.6 Å². The second-order valence-electron chi connectivity index (χ2n) is 3.35. The highest BCUT2D eigenvalue weighted by atomic mass is 79.9. The molecule has 0 unspecified atom stereocenters. The summed E-state index contributed by atoms with van der Waals surface area (Å²) >= 11 is 3.58. The van der Waals surface area contributed by atoms with Crippen LogP contribution in [0, 0.1) is 0 Å². The Hall–Kier alpha value is -1.07. The average Bonchev–Trinajstić information content (AvgIpc) is 2.81. The molecular weight excluding hydrogens is 256 g/mol. The number of rotatable bonds is 3. The van der Waals surface area contributed by atoms with Crippen LogP contribution in [0.4, 0.5) is 0 Å². The molecule has 0 atom stereocenters. The molecule has 0 aliphatic carbocycles. The van der Waals surface area contributed by atoms with Crippen LogP contribution in [0.3, 0.4) is 0 Å². The Morgan fingerprint density at radius 3 is 3.00 bits per heavy atom. The summed E-state index contributed by atoms with van der Waals surface area (Å²) < 4.78 is 2.93. The number of nitrogens with one attached hydrogen (secondary N) is 2. The first-order valence-electron chi connectivity index (χ1n) is 4.73. The Bertz CT molecular complexity index is 444. The molecule has 0 amide bonds. The summed E-state index contributed by atoms with van der Waals surface area (Å²) in [6.45, 7) is 0.796. The van der Waals surface area contributed by atoms with Crippen molar-refractivity contribution >= 4 is 15.9 Å². The van der Waals surface area contributed by atoms with E-state index < -0.39 is 0 Å². The molecule has 0 saturated heterocycles. The fourth-order valence-corrected chi connectivity index (χ4v) is 2.23. The van der Waals surface area contributed by atoms with E-state index in [1.54, 1.807) is 0 Å². The maximum atomic E-state index is 4.47. The Balaban J connectivity index is 2.46. The van der Waals surface area contributed by atoms with Gasteiger partial charge in [-0.15, -0.1) is 0 Å². The first-order valence-corrected chi connectivity index (χ1v) is 5.53. The fraction of sp³-hybridized carbons (Fsp3) is 0.300. The molecule has 2 N–H and O–H groups in total. The number of halogens is 1. The van der Waals surface area contributed by atoms with Crippen molar-refractivity contribution in [3.8, 4) is 11.4 Å². The van der Waals surface area contributed by atoms with E-state index in [1.807, 2.05) is 37.1 Å². The van der Waals surface area contributed by atoms with Crippen LogP contribution >= 0.6 is 15.9 Å². The molecule has 4 nitrogen and oxygen atoms in total. The van der Waals surface area contributed by atoms with Crippen LogP contribution in [0.5, 0.6) is 0 Å². The molecule has 15 heavy (non-hydrogen) atoms. The van der Waals surface area contributed by atoms with Crippen LogP contribution in [0.1, 0.15) is 5.69 Å². The van der Waals surface area contributed by atoms with Gasteiger partial charge < -0.3 is 10.3 Å². The molecule has 0 spiro atoms. The van der Waals surface area contributed by atoms with Gasteiger partial charge in [0.1, 0.15) is 5.69 Å². The van der Waals surface area contributed by atoms with Gasteiger partial charge in [0, 0.05) is 19.8 Å². The van der Waals surface area contributed by atoms with Crippen LogP contribution in [0.15, 0.2) is 22.8 Å². The van der Waals surface area contributed by atoms with E-state index in [0.29, 0.717) is 0 Å². The maximum Gasteiger partial charge on any atom is 0.123 e. The normalized spacial score (nSPS) is 10.9. The highest BCUT2D eigenvalue weighted by Gasteiger charge is 2.14. The molecule has 2 rings (SSSR count). The highest BCUT2D eigenvalue weighted by molar-refractivity contribution is 9.10. The van der Waals surface area contributed by atoms with Crippen LogP contribution < -0.4 is 5.32 Å². The Morgan fingerprint density at radius 1 is 1.60 bits per heavy atom. The van der Waals surface area contributed by atoms with Gasteiger partial charge in [0.2, 0.25) is 0 Å². The van der Waals surface area contributed by atoms with Crippen molar-refractivity contribution in [2.45, 2.75) is 6.54 Å². The molecule has 0 bridgehead atoms. The van der Waals surface area contributed by atoms with Crippen LogP contribution in [-0.4, -0.2) is 21.8 Å². The number of H-pyrrole nitrogens is 1. The number of aromatic nitrogens is 3. The molecule has 2 heterocycles. The van der Waals surface area contributed by atoms with Crippen molar-refractivity contribution in [3.63, 3.8) is 0 Å².